The lowest BCUT2D eigenvalue weighted by Crippen LogP contribution is -2.09. The monoisotopic (exact) mass is 358 g/mol. The van der Waals surface area contributed by atoms with E-state index >= 15 is 0 Å². The van der Waals surface area contributed by atoms with Gasteiger partial charge in [0.1, 0.15) is 23.9 Å². The topological polar surface area (TPSA) is 36.3 Å². The van der Waals surface area contributed by atoms with Gasteiger partial charge in [-0.2, -0.15) is 0 Å². The number of nitrogens with zero attached hydrogens (tertiary/aromatic N) is 2. The number of ether oxygens (including phenoxy) is 2. The second-order valence-corrected chi connectivity index (χ2v) is 6.49. The van der Waals surface area contributed by atoms with E-state index in [2.05, 4.69) is 41.8 Å². The Balaban J connectivity index is 1.64. The lowest BCUT2D eigenvalue weighted by molar-refractivity contribution is 0.290. The molecule has 0 saturated heterocycles. The molecule has 0 radical (unpaired) electrons. The predicted molar refractivity (Wildman–Crippen MR) is 107 cm³/mol. The van der Waals surface area contributed by atoms with E-state index in [9.17, 15) is 0 Å². The Bertz CT molecular complexity index is 1050. The molecule has 0 aliphatic rings. The van der Waals surface area contributed by atoms with Crippen molar-refractivity contribution in [3.63, 3.8) is 0 Å². The van der Waals surface area contributed by atoms with Gasteiger partial charge in [0.05, 0.1) is 18.1 Å². The second-order valence-electron chi connectivity index (χ2n) is 6.49. The third-order valence-corrected chi connectivity index (χ3v) is 4.75. The van der Waals surface area contributed by atoms with Crippen LogP contribution in [0.2, 0.25) is 0 Å². The van der Waals surface area contributed by atoms with Crippen molar-refractivity contribution in [1.29, 1.82) is 0 Å². The standard InChI is InChI=1S/C23H22N2O2/c1-17-7-3-4-8-18(17)15-25-22-10-6-5-9-21(22)24-23(25)16-27-20-13-11-19(26-2)12-14-20/h3-14H,15-16H2,1-2H3. The summed E-state index contributed by atoms with van der Waals surface area (Å²) in [7, 11) is 1.66. The first-order valence-electron chi connectivity index (χ1n) is 9.00. The first kappa shape index (κ1) is 17.2. The number of fused-ring (bicyclic) bond motifs is 1. The van der Waals surface area contributed by atoms with E-state index < -0.39 is 0 Å². The third kappa shape index (κ3) is 3.65. The molecule has 0 N–H and O–H groups in total. The van der Waals surface area contributed by atoms with Crippen molar-refractivity contribution in [2.75, 3.05) is 7.11 Å². The molecule has 0 bridgehead atoms. The second kappa shape index (κ2) is 7.54. The van der Waals surface area contributed by atoms with E-state index in [4.69, 9.17) is 14.5 Å². The van der Waals surface area contributed by atoms with Gasteiger partial charge < -0.3 is 14.0 Å². The van der Waals surface area contributed by atoms with Crippen molar-refractivity contribution < 1.29 is 9.47 Å². The summed E-state index contributed by atoms with van der Waals surface area (Å²) in [5.41, 5.74) is 4.66. The number of para-hydroxylation sites is 2. The van der Waals surface area contributed by atoms with Crippen LogP contribution in [-0.2, 0) is 13.2 Å². The maximum Gasteiger partial charge on any atom is 0.148 e. The lowest BCUT2D eigenvalue weighted by Gasteiger charge is -2.12. The van der Waals surface area contributed by atoms with Crippen LogP contribution in [0.1, 0.15) is 17.0 Å². The number of methoxy groups -OCH3 is 1. The molecule has 0 unspecified atom stereocenters. The Morgan fingerprint density at radius 3 is 2.33 bits per heavy atom. The zero-order valence-corrected chi connectivity index (χ0v) is 15.6. The summed E-state index contributed by atoms with van der Waals surface area (Å²) < 4.78 is 13.4. The molecule has 0 aliphatic heterocycles. The van der Waals surface area contributed by atoms with Gasteiger partial charge in [0.2, 0.25) is 0 Å². The van der Waals surface area contributed by atoms with Crippen LogP contribution >= 0.6 is 0 Å². The highest BCUT2D eigenvalue weighted by molar-refractivity contribution is 5.76. The lowest BCUT2D eigenvalue weighted by atomic mass is 10.1. The largest absolute Gasteiger partial charge is 0.497 e. The highest BCUT2D eigenvalue weighted by Gasteiger charge is 2.12. The Kier molecular flexibility index (Phi) is 4.79. The first-order chi connectivity index (χ1) is 13.2. The molecule has 0 amide bonds. The van der Waals surface area contributed by atoms with Gasteiger partial charge in [-0.15, -0.1) is 0 Å². The maximum atomic E-state index is 5.99. The van der Waals surface area contributed by atoms with Crippen LogP contribution in [0.15, 0.2) is 72.8 Å². The fourth-order valence-corrected chi connectivity index (χ4v) is 3.19. The van der Waals surface area contributed by atoms with E-state index in [-0.39, 0.29) is 0 Å². The van der Waals surface area contributed by atoms with Gasteiger partial charge in [0.25, 0.3) is 0 Å². The minimum atomic E-state index is 0.410. The van der Waals surface area contributed by atoms with Gasteiger partial charge in [-0.25, -0.2) is 4.98 Å². The molecule has 0 atom stereocenters. The molecule has 4 rings (SSSR count). The van der Waals surface area contributed by atoms with Crippen LogP contribution in [0.25, 0.3) is 11.0 Å². The summed E-state index contributed by atoms with van der Waals surface area (Å²) >= 11 is 0. The van der Waals surface area contributed by atoms with Crippen molar-refractivity contribution >= 4 is 11.0 Å². The number of hydrogen-bond donors (Lipinski definition) is 0. The van der Waals surface area contributed by atoms with Crippen molar-refractivity contribution in [2.24, 2.45) is 0 Å². The molecule has 1 aromatic heterocycles. The van der Waals surface area contributed by atoms with Crippen molar-refractivity contribution in [3.05, 3.63) is 89.7 Å². The van der Waals surface area contributed by atoms with E-state index in [1.807, 2.05) is 42.5 Å². The fraction of sp³-hybridized carbons (Fsp3) is 0.174. The molecule has 4 nitrogen and oxygen atoms in total. The van der Waals surface area contributed by atoms with Crippen LogP contribution in [0, 0.1) is 6.92 Å². The summed E-state index contributed by atoms with van der Waals surface area (Å²) in [5.74, 6) is 2.52. The molecule has 27 heavy (non-hydrogen) atoms. The number of aromatic nitrogens is 2. The van der Waals surface area contributed by atoms with Crippen molar-refractivity contribution in [1.82, 2.24) is 9.55 Å². The van der Waals surface area contributed by atoms with Crippen molar-refractivity contribution in [2.45, 2.75) is 20.1 Å². The van der Waals surface area contributed by atoms with Gasteiger partial charge >= 0.3 is 0 Å². The normalized spacial score (nSPS) is 10.9. The average molecular weight is 358 g/mol. The summed E-state index contributed by atoms with van der Waals surface area (Å²) in [5, 5.41) is 0. The van der Waals surface area contributed by atoms with Gasteiger partial charge in [0.15, 0.2) is 0 Å². The Morgan fingerprint density at radius 2 is 1.56 bits per heavy atom. The molecule has 3 aromatic carbocycles. The number of imidazole rings is 1. The van der Waals surface area contributed by atoms with Crippen LogP contribution in [0.5, 0.6) is 11.5 Å². The third-order valence-electron chi connectivity index (χ3n) is 4.75. The van der Waals surface area contributed by atoms with Crippen LogP contribution in [-0.4, -0.2) is 16.7 Å². The van der Waals surface area contributed by atoms with E-state index in [0.29, 0.717) is 6.61 Å². The maximum absolute atomic E-state index is 5.99. The number of aryl methyl sites for hydroxylation is 1. The van der Waals surface area contributed by atoms with Crippen LogP contribution in [0.3, 0.4) is 0 Å². The molecule has 0 aliphatic carbocycles. The van der Waals surface area contributed by atoms with Crippen molar-refractivity contribution in [3.8, 4) is 11.5 Å². The molecular formula is C23H22N2O2. The number of rotatable bonds is 6. The highest BCUT2D eigenvalue weighted by Crippen LogP contribution is 2.22. The molecule has 136 valence electrons. The van der Waals surface area contributed by atoms with E-state index in [1.165, 1.54) is 11.1 Å². The quantitative estimate of drug-likeness (QED) is 0.488. The van der Waals surface area contributed by atoms with Gasteiger partial charge in [0, 0.05) is 6.54 Å². The predicted octanol–water partition coefficient (Wildman–Crippen LogP) is 4.98. The van der Waals surface area contributed by atoms with E-state index in [0.717, 1.165) is 34.9 Å². The number of benzene rings is 3. The van der Waals surface area contributed by atoms with Gasteiger partial charge in [-0.1, -0.05) is 36.4 Å². The van der Waals surface area contributed by atoms with E-state index in [1.54, 1.807) is 7.11 Å². The molecule has 0 saturated carbocycles. The molecular weight excluding hydrogens is 336 g/mol. The Morgan fingerprint density at radius 1 is 0.852 bits per heavy atom. The zero-order chi connectivity index (χ0) is 18.6. The fourth-order valence-electron chi connectivity index (χ4n) is 3.19. The molecule has 4 aromatic rings. The summed E-state index contributed by atoms with van der Waals surface area (Å²) in [4.78, 5) is 4.80. The Hall–Kier alpha value is -3.27. The minimum Gasteiger partial charge on any atom is -0.497 e. The van der Waals surface area contributed by atoms with Crippen LogP contribution < -0.4 is 9.47 Å². The summed E-state index contributed by atoms with van der Waals surface area (Å²) in [6, 6.07) is 24.3. The number of hydrogen-bond acceptors (Lipinski definition) is 3. The molecule has 4 heteroatoms. The smallest absolute Gasteiger partial charge is 0.148 e. The molecule has 0 spiro atoms. The Labute approximate surface area is 159 Å². The first-order valence-corrected chi connectivity index (χ1v) is 9.00. The zero-order valence-electron chi connectivity index (χ0n) is 15.6. The summed E-state index contributed by atoms with van der Waals surface area (Å²) in [6.45, 7) is 3.32. The molecule has 1 heterocycles. The minimum absolute atomic E-state index is 0.410. The average Bonchev–Trinajstić information content (AvgIpc) is 3.06. The van der Waals surface area contributed by atoms with Gasteiger partial charge in [-0.05, 0) is 54.4 Å². The highest BCUT2D eigenvalue weighted by atomic mass is 16.5. The van der Waals surface area contributed by atoms with Gasteiger partial charge in [-0.3, -0.25) is 0 Å². The SMILES string of the molecule is COc1ccc(OCc2nc3ccccc3n2Cc2ccccc2C)cc1. The summed E-state index contributed by atoms with van der Waals surface area (Å²) in [6.07, 6.45) is 0. The molecule has 0 fully saturated rings. The van der Waals surface area contributed by atoms with Crippen LogP contribution in [0.4, 0.5) is 0 Å².